The number of esters is 1. The Bertz CT molecular complexity index is 378. The van der Waals surface area contributed by atoms with Gasteiger partial charge in [-0.05, 0) is 19.1 Å². The Kier molecular flexibility index (Phi) is 5.65. The quantitative estimate of drug-likeness (QED) is 0.508. The molecule has 1 unspecified atom stereocenters. The lowest BCUT2D eigenvalue weighted by Crippen LogP contribution is -2.10. The Morgan fingerprint density at radius 2 is 2.29 bits per heavy atom. The Balaban J connectivity index is 2.62. The minimum Gasteiger partial charge on any atom is -0.466 e. The molecular formula is C12H16ClNO2S. The molecular weight excluding hydrogens is 258 g/mol. The second-order valence-electron chi connectivity index (χ2n) is 3.60. The lowest BCUT2D eigenvalue weighted by Gasteiger charge is -2.13. The van der Waals surface area contributed by atoms with Gasteiger partial charge in [-0.25, -0.2) is 0 Å². The molecule has 0 aliphatic rings. The first kappa shape index (κ1) is 14.2. The fourth-order valence-corrected chi connectivity index (χ4v) is 2.67. The molecule has 1 atom stereocenters. The molecule has 94 valence electrons. The van der Waals surface area contributed by atoms with Crippen LogP contribution in [0.2, 0.25) is 5.02 Å². The van der Waals surface area contributed by atoms with Gasteiger partial charge >= 0.3 is 5.97 Å². The molecule has 3 nitrogen and oxygen atoms in total. The highest BCUT2D eigenvalue weighted by Gasteiger charge is 2.14. The molecule has 0 amide bonds. The van der Waals surface area contributed by atoms with Gasteiger partial charge in [-0.15, -0.1) is 11.8 Å². The monoisotopic (exact) mass is 273 g/mol. The standard InChI is InChI=1S/C12H16ClNO2S/c1-3-16-11(15)7-8(2)17-12-9(13)5-4-6-10(12)14/h4-6,8H,3,7,14H2,1-2H3. The van der Waals surface area contributed by atoms with Crippen molar-refractivity contribution in [3.05, 3.63) is 23.2 Å². The molecule has 0 spiro atoms. The van der Waals surface area contributed by atoms with E-state index in [1.807, 2.05) is 6.92 Å². The molecule has 0 heterocycles. The van der Waals surface area contributed by atoms with Gasteiger partial charge < -0.3 is 10.5 Å². The van der Waals surface area contributed by atoms with Gasteiger partial charge in [0.25, 0.3) is 0 Å². The molecule has 2 N–H and O–H groups in total. The van der Waals surface area contributed by atoms with E-state index in [2.05, 4.69) is 0 Å². The first-order valence-electron chi connectivity index (χ1n) is 5.40. The van der Waals surface area contributed by atoms with Crippen molar-refractivity contribution in [1.82, 2.24) is 0 Å². The smallest absolute Gasteiger partial charge is 0.306 e. The third-order valence-electron chi connectivity index (χ3n) is 2.08. The van der Waals surface area contributed by atoms with E-state index in [9.17, 15) is 4.79 Å². The van der Waals surface area contributed by atoms with Crippen molar-refractivity contribution in [3.63, 3.8) is 0 Å². The third kappa shape index (κ3) is 4.48. The van der Waals surface area contributed by atoms with Crippen LogP contribution in [0.1, 0.15) is 20.3 Å². The zero-order chi connectivity index (χ0) is 12.8. The zero-order valence-corrected chi connectivity index (χ0v) is 11.5. The minimum absolute atomic E-state index is 0.0799. The molecule has 1 aromatic carbocycles. The lowest BCUT2D eigenvalue weighted by molar-refractivity contribution is -0.142. The molecule has 0 saturated heterocycles. The molecule has 1 aromatic rings. The number of ether oxygens (including phenoxy) is 1. The van der Waals surface area contributed by atoms with Crippen LogP contribution in [-0.2, 0) is 9.53 Å². The molecule has 17 heavy (non-hydrogen) atoms. The number of thioether (sulfide) groups is 1. The Labute approximate surface area is 111 Å². The fraction of sp³-hybridized carbons (Fsp3) is 0.417. The summed E-state index contributed by atoms with van der Waals surface area (Å²) in [6, 6.07) is 5.39. The zero-order valence-electron chi connectivity index (χ0n) is 9.90. The average Bonchev–Trinajstić information content (AvgIpc) is 2.24. The van der Waals surface area contributed by atoms with Crippen LogP contribution in [0.4, 0.5) is 5.69 Å². The van der Waals surface area contributed by atoms with Crippen molar-refractivity contribution < 1.29 is 9.53 Å². The predicted molar refractivity (Wildman–Crippen MR) is 72.4 cm³/mol. The summed E-state index contributed by atoms with van der Waals surface area (Å²) in [5.41, 5.74) is 6.47. The van der Waals surface area contributed by atoms with Gasteiger partial charge in [0, 0.05) is 15.8 Å². The van der Waals surface area contributed by atoms with Crippen molar-refractivity contribution in [3.8, 4) is 0 Å². The first-order chi connectivity index (χ1) is 8.04. The number of rotatable bonds is 5. The summed E-state index contributed by atoms with van der Waals surface area (Å²) in [6.07, 6.45) is 0.350. The molecule has 0 radical (unpaired) electrons. The third-order valence-corrected chi connectivity index (χ3v) is 3.76. The summed E-state index contributed by atoms with van der Waals surface area (Å²) in [6.45, 7) is 4.15. The van der Waals surface area contributed by atoms with Crippen LogP contribution in [0, 0.1) is 0 Å². The number of hydrogen-bond donors (Lipinski definition) is 1. The first-order valence-corrected chi connectivity index (χ1v) is 6.66. The summed E-state index contributed by atoms with van der Waals surface area (Å²) in [5.74, 6) is -0.196. The molecule has 0 bridgehead atoms. The van der Waals surface area contributed by atoms with Crippen molar-refractivity contribution in [2.24, 2.45) is 0 Å². The van der Waals surface area contributed by atoms with Gasteiger partial charge in [-0.2, -0.15) is 0 Å². The van der Waals surface area contributed by atoms with Crippen molar-refractivity contribution in [2.45, 2.75) is 30.4 Å². The van der Waals surface area contributed by atoms with E-state index in [1.165, 1.54) is 11.8 Å². The van der Waals surface area contributed by atoms with E-state index in [4.69, 9.17) is 22.1 Å². The van der Waals surface area contributed by atoms with Crippen LogP contribution >= 0.6 is 23.4 Å². The molecule has 1 rings (SSSR count). The number of benzene rings is 1. The molecule has 0 aromatic heterocycles. The van der Waals surface area contributed by atoms with Crippen molar-refractivity contribution in [2.75, 3.05) is 12.3 Å². The van der Waals surface area contributed by atoms with Gasteiger partial charge in [0.05, 0.1) is 18.1 Å². The second kappa shape index (κ2) is 6.77. The normalized spacial score (nSPS) is 12.2. The maximum Gasteiger partial charge on any atom is 0.306 e. The van der Waals surface area contributed by atoms with E-state index in [-0.39, 0.29) is 11.2 Å². The van der Waals surface area contributed by atoms with Crippen LogP contribution in [0.3, 0.4) is 0 Å². The maximum atomic E-state index is 11.3. The number of anilines is 1. The Morgan fingerprint density at radius 1 is 1.59 bits per heavy atom. The number of carbonyl (C=O) groups is 1. The summed E-state index contributed by atoms with van der Waals surface area (Å²) in [5, 5.41) is 0.696. The van der Waals surface area contributed by atoms with Crippen LogP contribution in [0.25, 0.3) is 0 Å². The van der Waals surface area contributed by atoms with E-state index in [0.29, 0.717) is 23.7 Å². The summed E-state index contributed by atoms with van der Waals surface area (Å²) in [7, 11) is 0. The maximum absolute atomic E-state index is 11.3. The van der Waals surface area contributed by atoms with E-state index in [0.717, 1.165) is 4.90 Å². The van der Waals surface area contributed by atoms with Gasteiger partial charge in [-0.3, -0.25) is 4.79 Å². The Morgan fingerprint density at radius 3 is 2.88 bits per heavy atom. The molecule has 0 saturated carbocycles. The Hall–Kier alpha value is -0.870. The number of nitrogen functional groups attached to an aromatic ring is 1. The lowest BCUT2D eigenvalue weighted by atomic mass is 10.3. The van der Waals surface area contributed by atoms with Crippen LogP contribution in [-0.4, -0.2) is 17.8 Å². The predicted octanol–water partition coefficient (Wildman–Crippen LogP) is 3.36. The molecule has 0 aliphatic carbocycles. The van der Waals surface area contributed by atoms with Crippen molar-refractivity contribution >= 4 is 35.0 Å². The second-order valence-corrected chi connectivity index (χ2v) is 5.45. The van der Waals surface area contributed by atoms with Gasteiger partial charge in [0.15, 0.2) is 0 Å². The van der Waals surface area contributed by atoms with E-state index in [1.54, 1.807) is 25.1 Å². The summed E-state index contributed by atoms with van der Waals surface area (Å²) >= 11 is 7.55. The number of hydrogen-bond acceptors (Lipinski definition) is 4. The molecule has 0 fully saturated rings. The van der Waals surface area contributed by atoms with Gasteiger partial charge in [0.1, 0.15) is 0 Å². The van der Waals surface area contributed by atoms with Crippen LogP contribution < -0.4 is 5.73 Å². The topological polar surface area (TPSA) is 52.3 Å². The van der Waals surface area contributed by atoms with Crippen molar-refractivity contribution in [1.29, 1.82) is 0 Å². The van der Waals surface area contributed by atoms with Crippen LogP contribution in [0.15, 0.2) is 23.1 Å². The SMILES string of the molecule is CCOC(=O)CC(C)Sc1c(N)cccc1Cl. The minimum atomic E-state index is -0.196. The highest BCUT2D eigenvalue weighted by atomic mass is 35.5. The number of nitrogens with two attached hydrogens (primary N) is 1. The van der Waals surface area contributed by atoms with E-state index < -0.39 is 0 Å². The summed E-state index contributed by atoms with van der Waals surface area (Å²) in [4.78, 5) is 12.1. The summed E-state index contributed by atoms with van der Waals surface area (Å²) < 4.78 is 4.89. The average molecular weight is 274 g/mol. The highest BCUT2D eigenvalue weighted by Crippen LogP contribution is 2.35. The van der Waals surface area contributed by atoms with Gasteiger partial charge in [-0.1, -0.05) is 24.6 Å². The highest BCUT2D eigenvalue weighted by molar-refractivity contribution is 8.00. The van der Waals surface area contributed by atoms with E-state index >= 15 is 0 Å². The number of carbonyl (C=O) groups excluding carboxylic acids is 1. The number of halogens is 1. The molecule has 0 aliphatic heterocycles. The molecule has 5 heteroatoms. The fourth-order valence-electron chi connectivity index (χ4n) is 1.35. The largest absolute Gasteiger partial charge is 0.466 e. The van der Waals surface area contributed by atoms with Crippen LogP contribution in [0.5, 0.6) is 0 Å². The van der Waals surface area contributed by atoms with Gasteiger partial charge in [0.2, 0.25) is 0 Å².